The highest BCUT2D eigenvalue weighted by Crippen LogP contribution is 2.20. The summed E-state index contributed by atoms with van der Waals surface area (Å²) in [6.45, 7) is 4.00. The molecule has 3 rings (SSSR count). The second-order valence-electron chi connectivity index (χ2n) is 4.65. The molecule has 0 spiro atoms. The minimum absolute atomic E-state index is 0.204. The van der Waals surface area contributed by atoms with Gasteiger partial charge in [0.2, 0.25) is 0 Å². The summed E-state index contributed by atoms with van der Waals surface area (Å²) in [5.41, 5.74) is 2.12. The molecule has 0 aliphatic carbocycles. The van der Waals surface area contributed by atoms with E-state index in [9.17, 15) is 10.1 Å². The summed E-state index contributed by atoms with van der Waals surface area (Å²) in [4.78, 5) is 15.0. The number of pyridine rings is 1. The van der Waals surface area contributed by atoms with Gasteiger partial charge in [0.15, 0.2) is 0 Å². The zero-order valence-electron chi connectivity index (χ0n) is 13.2. The van der Waals surface area contributed by atoms with Gasteiger partial charge < -0.3 is 9.40 Å². The Morgan fingerprint density at radius 2 is 1.87 bits per heavy atom. The zero-order valence-corrected chi connectivity index (χ0v) is 13.2. The maximum atomic E-state index is 12.2. The molecular formula is C19H18N2O2. The molecule has 23 heavy (non-hydrogen) atoms. The SMILES string of the molecule is CC.N#Cc1cc(Cc2ccco2)c(=O)[nH]c1-c1ccccc1. The maximum absolute atomic E-state index is 12.2. The molecule has 0 bridgehead atoms. The van der Waals surface area contributed by atoms with Gasteiger partial charge in [0.05, 0.1) is 17.5 Å². The predicted molar refractivity (Wildman–Crippen MR) is 90.1 cm³/mol. The fraction of sp³-hybridized carbons (Fsp3) is 0.158. The molecular weight excluding hydrogens is 288 g/mol. The van der Waals surface area contributed by atoms with Gasteiger partial charge in [-0.1, -0.05) is 44.2 Å². The summed E-state index contributed by atoms with van der Waals surface area (Å²) < 4.78 is 5.25. The maximum Gasteiger partial charge on any atom is 0.252 e. The van der Waals surface area contributed by atoms with Gasteiger partial charge in [-0.05, 0) is 23.8 Å². The lowest BCUT2D eigenvalue weighted by Crippen LogP contribution is -2.14. The number of aromatic amines is 1. The average Bonchev–Trinajstić information content (AvgIpc) is 3.12. The van der Waals surface area contributed by atoms with Crippen molar-refractivity contribution in [1.29, 1.82) is 5.26 Å². The number of nitriles is 1. The quantitative estimate of drug-likeness (QED) is 0.791. The summed E-state index contributed by atoms with van der Waals surface area (Å²) in [5, 5.41) is 9.33. The molecule has 0 aliphatic rings. The Labute approximate surface area is 135 Å². The van der Waals surface area contributed by atoms with E-state index in [2.05, 4.69) is 11.1 Å². The van der Waals surface area contributed by atoms with Crippen molar-refractivity contribution < 1.29 is 4.42 Å². The number of aromatic nitrogens is 1. The van der Waals surface area contributed by atoms with Crippen molar-refractivity contribution in [3.05, 3.63) is 82.0 Å². The van der Waals surface area contributed by atoms with Crippen LogP contribution < -0.4 is 5.56 Å². The molecule has 0 aliphatic heterocycles. The van der Waals surface area contributed by atoms with Crippen molar-refractivity contribution in [2.24, 2.45) is 0 Å². The van der Waals surface area contributed by atoms with Gasteiger partial charge in [-0.25, -0.2) is 0 Å². The Bertz CT molecular complexity index is 841. The van der Waals surface area contributed by atoms with E-state index in [0.717, 1.165) is 5.56 Å². The highest BCUT2D eigenvalue weighted by molar-refractivity contribution is 5.66. The molecule has 4 heteroatoms. The van der Waals surface area contributed by atoms with E-state index in [-0.39, 0.29) is 5.56 Å². The van der Waals surface area contributed by atoms with Crippen molar-refractivity contribution in [1.82, 2.24) is 4.98 Å². The van der Waals surface area contributed by atoms with Crippen molar-refractivity contribution in [2.75, 3.05) is 0 Å². The van der Waals surface area contributed by atoms with E-state index in [1.54, 1.807) is 24.5 Å². The Hall–Kier alpha value is -3.06. The molecule has 0 saturated carbocycles. The number of nitrogens with zero attached hydrogens (tertiary/aromatic N) is 1. The molecule has 0 saturated heterocycles. The van der Waals surface area contributed by atoms with Crippen LogP contribution in [-0.2, 0) is 6.42 Å². The van der Waals surface area contributed by atoms with Crippen LogP contribution in [0.5, 0.6) is 0 Å². The summed E-state index contributed by atoms with van der Waals surface area (Å²) in [6, 6.07) is 16.7. The summed E-state index contributed by atoms with van der Waals surface area (Å²) >= 11 is 0. The van der Waals surface area contributed by atoms with Crippen LogP contribution in [0.15, 0.2) is 64.0 Å². The molecule has 0 fully saturated rings. The molecule has 0 amide bonds. The van der Waals surface area contributed by atoms with Gasteiger partial charge in [0.1, 0.15) is 11.8 Å². The molecule has 1 aromatic carbocycles. The number of hydrogen-bond acceptors (Lipinski definition) is 3. The first-order chi connectivity index (χ1) is 11.3. The van der Waals surface area contributed by atoms with Gasteiger partial charge in [0.25, 0.3) is 5.56 Å². The normalized spacial score (nSPS) is 9.61. The molecule has 2 aromatic heterocycles. The van der Waals surface area contributed by atoms with Gasteiger partial charge >= 0.3 is 0 Å². The van der Waals surface area contributed by atoms with Crippen LogP contribution in [0.4, 0.5) is 0 Å². The number of rotatable bonds is 3. The Morgan fingerprint density at radius 3 is 2.48 bits per heavy atom. The Kier molecular flexibility index (Phi) is 5.54. The van der Waals surface area contributed by atoms with Crippen LogP contribution in [0.2, 0.25) is 0 Å². The molecule has 116 valence electrons. The van der Waals surface area contributed by atoms with Crippen molar-refractivity contribution in [2.45, 2.75) is 20.3 Å². The second-order valence-corrected chi connectivity index (χ2v) is 4.65. The van der Waals surface area contributed by atoms with Crippen LogP contribution in [0.1, 0.15) is 30.7 Å². The minimum Gasteiger partial charge on any atom is -0.469 e. The Balaban J connectivity index is 0.000000924. The lowest BCUT2D eigenvalue weighted by Gasteiger charge is -2.06. The van der Waals surface area contributed by atoms with E-state index >= 15 is 0 Å². The largest absolute Gasteiger partial charge is 0.469 e. The van der Waals surface area contributed by atoms with E-state index < -0.39 is 0 Å². The summed E-state index contributed by atoms with van der Waals surface area (Å²) in [5.74, 6) is 0.692. The first-order valence-electron chi connectivity index (χ1n) is 7.52. The van der Waals surface area contributed by atoms with Gasteiger partial charge in [-0.15, -0.1) is 0 Å². The minimum atomic E-state index is -0.204. The van der Waals surface area contributed by atoms with E-state index in [1.165, 1.54) is 0 Å². The molecule has 0 atom stereocenters. The van der Waals surface area contributed by atoms with Crippen LogP contribution in [0, 0.1) is 11.3 Å². The monoisotopic (exact) mass is 306 g/mol. The Morgan fingerprint density at radius 1 is 1.13 bits per heavy atom. The number of hydrogen-bond donors (Lipinski definition) is 1. The van der Waals surface area contributed by atoms with Gasteiger partial charge in [0, 0.05) is 12.0 Å². The molecule has 1 N–H and O–H groups in total. The van der Waals surface area contributed by atoms with Crippen LogP contribution >= 0.6 is 0 Å². The summed E-state index contributed by atoms with van der Waals surface area (Å²) in [7, 11) is 0. The topological polar surface area (TPSA) is 69.8 Å². The molecule has 0 radical (unpaired) electrons. The van der Waals surface area contributed by atoms with Crippen molar-refractivity contribution in [3.8, 4) is 17.3 Å². The van der Waals surface area contributed by atoms with E-state index in [4.69, 9.17) is 4.42 Å². The second kappa shape index (κ2) is 7.81. The number of H-pyrrole nitrogens is 1. The summed E-state index contributed by atoms with van der Waals surface area (Å²) in [6.07, 6.45) is 1.93. The number of benzene rings is 1. The van der Waals surface area contributed by atoms with Gasteiger partial charge in [-0.3, -0.25) is 4.79 Å². The number of furan rings is 1. The van der Waals surface area contributed by atoms with Crippen LogP contribution in [0.3, 0.4) is 0 Å². The fourth-order valence-electron chi connectivity index (χ4n) is 2.23. The van der Waals surface area contributed by atoms with Gasteiger partial charge in [-0.2, -0.15) is 5.26 Å². The standard InChI is InChI=1S/C17H12N2O2.C2H6/c18-11-14-9-13(10-15-7-4-8-21-15)17(20)19-16(14)12-5-2-1-3-6-12;1-2/h1-9H,10H2,(H,19,20);1-2H3. The molecule has 3 aromatic rings. The van der Waals surface area contributed by atoms with Crippen LogP contribution in [-0.4, -0.2) is 4.98 Å². The zero-order chi connectivity index (χ0) is 16.7. The molecule has 2 heterocycles. The van der Waals surface area contributed by atoms with E-state index in [1.807, 2.05) is 44.2 Å². The van der Waals surface area contributed by atoms with E-state index in [0.29, 0.717) is 29.0 Å². The third-order valence-electron chi connectivity index (χ3n) is 3.25. The first kappa shape index (κ1) is 16.3. The molecule has 0 unspecified atom stereocenters. The smallest absolute Gasteiger partial charge is 0.252 e. The lowest BCUT2D eigenvalue weighted by atomic mass is 10.0. The number of nitrogens with one attached hydrogen (secondary N) is 1. The lowest BCUT2D eigenvalue weighted by molar-refractivity contribution is 0.520. The average molecular weight is 306 g/mol. The first-order valence-corrected chi connectivity index (χ1v) is 7.52. The third-order valence-corrected chi connectivity index (χ3v) is 3.25. The highest BCUT2D eigenvalue weighted by atomic mass is 16.3. The van der Waals surface area contributed by atoms with Crippen molar-refractivity contribution >= 4 is 0 Å². The highest BCUT2D eigenvalue weighted by Gasteiger charge is 2.11. The molecule has 4 nitrogen and oxygen atoms in total. The third kappa shape index (κ3) is 3.78. The fourth-order valence-corrected chi connectivity index (χ4v) is 2.23. The van der Waals surface area contributed by atoms with Crippen molar-refractivity contribution in [3.63, 3.8) is 0 Å². The van der Waals surface area contributed by atoms with Crippen LogP contribution in [0.25, 0.3) is 11.3 Å². The predicted octanol–water partition coefficient (Wildman–Crippen LogP) is 4.12.